The zero-order valence-corrected chi connectivity index (χ0v) is 9.01. The molecule has 0 saturated heterocycles. The fourth-order valence-electron chi connectivity index (χ4n) is 1.33. The first kappa shape index (κ1) is 12.0. The number of nitrogens with zero attached hydrogens (tertiary/aromatic N) is 2. The summed E-state index contributed by atoms with van der Waals surface area (Å²) in [6, 6.07) is 4.94. The van der Waals surface area contributed by atoms with Crippen LogP contribution in [0.2, 0.25) is 0 Å². The van der Waals surface area contributed by atoms with Crippen molar-refractivity contribution in [2.45, 2.75) is 6.92 Å². The van der Waals surface area contributed by atoms with E-state index in [4.69, 9.17) is 9.84 Å². The summed E-state index contributed by atoms with van der Waals surface area (Å²) in [4.78, 5) is 21.0. The third kappa shape index (κ3) is 2.69. The third-order valence-electron chi connectivity index (χ3n) is 2.07. The van der Waals surface area contributed by atoms with Gasteiger partial charge >= 0.3 is 5.97 Å². The first-order valence-electron chi connectivity index (χ1n) is 4.55. The second kappa shape index (κ2) is 5.11. The van der Waals surface area contributed by atoms with Gasteiger partial charge in [-0.25, -0.2) is 5.01 Å². The summed E-state index contributed by atoms with van der Waals surface area (Å²) in [7, 11) is 1.53. The number of benzene rings is 1. The van der Waals surface area contributed by atoms with E-state index in [1.807, 2.05) is 0 Å². The molecule has 1 aromatic carbocycles. The number of ether oxygens (including phenoxy) is 1. The number of hydrogen-bond acceptors (Lipinski definition) is 4. The van der Waals surface area contributed by atoms with Gasteiger partial charge in [0, 0.05) is 0 Å². The average molecular weight is 224 g/mol. The van der Waals surface area contributed by atoms with Crippen LogP contribution in [0.3, 0.4) is 0 Å². The number of carboxylic acid groups (broad SMARTS) is 1. The zero-order chi connectivity index (χ0) is 12.1. The molecular formula is C10H12N2O4. The number of methoxy groups -OCH3 is 1. The molecule has 6 heteroatoms. The van der Waals surface area contributed by atoms with Crippen molar-refractivity contribution in [1.29, 1.82) is 0 Å². The number of rotatable bonds is 5. The Kier molecular flexibility index (Phi) is 3.82. The highest BCUT2D eigenvalue weighted by Gasteiger charge is 2.13. The second-order valence-corrected chi connectivity index (χ2v) is 3.19. The topological polar surface area (TPSA) is 79.2 Å². The summed E-state index contributed by atoms with van der Waals surface area (Å²) in [5, 5.41) is 12.2. The van der Waals surface area contributed by atoms with Gasteiger partial charge in [-0.2, -0.15) is 0 Å². The molecule has 0 radical (unpaired) electrons. The van der Waals surface area contributed by atoms with Crippen molar-refractivity contribution in [3.05, 3.63) is 28.7 Å². The molecular weight excluding hydrogens is 212 g/mol. The number of nitroso groups, excluding NO2 is 1. The van der Waals surface area contributed by atoms with Gasteiger partial charge in [0.15, 0.2) is 0 Å². The summed E-state index contributed by atoms with van der Waals surface area (Å²) >= 11 is 0. The SMILES string of the molecule is COc1ccc(N(CC(=O)O)N=O)c(C)c1. The molecule has 0 atom stereocenters. The summed E-state index contributed by atoms with van der Waals surface area (Å²) in [5.74, 6) is -0.475. The van der Waals surface area contributed by atoms with Crippen LogP contribution < -0.4 is 9.75 Å². The molecule has 1 aromatic rings. The Morgan fingerprint density at radius 2 is 2.25 bits per heavy atom. The molecule has 0 fully saturated rings. The lowest BCUT2D eigenvalue weighted by Gasteiger charge is -2.15. The predicted octanol–water partition coefficient (Wildman–Crippen LogP) is 1.58. The molecule has 6 nitrogen and oxygen atoms in total. The van der Waals surface area contributed by atoms with Crippen LogP contribution in [0.1, 0.15) is 5.56 Å². The number of anilines is 1. The fraction of sp³-hybridized carbons (Fsp3) is 0.300. The Bertz CT molecular complexity index is 406. The molecule has 86 valence electrons. The minimum atomic E-state index is -1.12. The maximum Gasteiger partial charge on any atom is 0.325 e. The molecule has 0 aliphatic heterocycles. The van der Waals surface area contributed by atoms with Gasteiger partial charge in [-0.1, -0.05) is 0 Å². The molecule has 0 unspecified atom stereocenters. The monoisotopic (exact) mass is 224 g/mol. The number of carboxylic acids is 1. The number of aliphatic carboxylic acids is 1. The molecule has 0 bridgehead atoms. The van der Waals surface area contributed by atoms with Gasteiger partial charge in [-0.3, -0.25) is 4.79 Å². The quantitative estimate of drug-likeness (QED) is 0.606. The van der Waals surface area contributed by atoms with Gasteiger partial charge in [-0.15, -0.1) is 4.91 Å². The molecule has 1 rings (SSSR count). The lowest BCUT2D eigenvalue weighted by molar-refractivity contribution is -0.135. The fourth-order valence-corrected chi connectivity index (χ4v) is 1.33. The van der Waals surface area contributed by atoms with E-state index in [1.165, 1.54) is 7.11 Å². The van der Waals surface area contributed by atoms with Crippen LogP contribution in [0.25, 0.3) is 0 Å². The third-order valence-corrected chi connectivity index (χ3v) is 2.07. The molecule has 1 N–H and O–H groups in total. The predicted molar refractivity (Wildman–Crippen MR) is 58.5 cm³/mol. The van der Waals surface area contributed by atoms with Crippen LogP contribution in [0.15, 0.2) is 23.5 Å². The zero-order valence-electron chi connectivity index (χ0n) is 9.01. The van der Waals surface area contributed by atoms with Crippen molar-refractivity contribution in [3.63, 3.8) is 0 Å². The van der Waals surface area contributed by atoms with Gasteiger partial charge in [-0.05, 0) is 30.7 Å². The molecule has 0 amide bonds. The molecule has 0 spiro atoms. The maximum atomic E-state index is 10.5. The largest absolute Gasteiger partial charge is 0.497 e. The van der Waals surface area contributed by atoms with Crippen molar-refractivity contribution in [2.24, 2.45) is 5.29 Å². The summed E-state index contributed by atoms with van der Waals surface area (Å²) in [6.07, 6.45) is 0. The van der Waals surface area contributed by atoms with E-state index in [0.717, 1.165) is 10.6 Å². The molecule has 0 aliphatic carbocycles. The Labute approximate surface area is 92.4 Å². The van der Waals surface area contributed by atoms with Crippen LogP contribution in [0, 0.1) is 11.8 Å². The molecule has 0 heterocycles. The van der Waals surface area contributed by atoms with E-state index in [2.05, 4.69) is 5.29 Å². The Morgan fingerprint density at radius 3 is 2.69 bits per heavy atom. The van der Waals surface area contributed by atoms with Gasteiger partial charge < -0.3 is 9.84 Å². The maximum absolute atomic E-state index is 10.5. The highest BCUT2D eigenvalue weighted by molar-refractivity contribution is 5.74. The van der Waals surface area contributed by atoms with E-state index in [-0.39, 0.29) is 0 Å². The molecule has 0 aromatic heterocycles. The summed E-state index contributed by atoms with van der Waals surface area (Å²) in [6.45, 7) is 1.29. The van der Waals surface area contributed by atoms with Crippen molar-refractivity contribution in [2.75, 3.05) is 18.7 Å². The number of aryl methyl sites for hydroxylation is 1. The summed E-state index contributed by atoms with van der Waals surface area (Å²) in [5.41, 5.74) is 1.18. The van der Waals surface area contributed by atoms with E-state index in [1.54, 1.807) is 25.1 Å². The lowest BCUT2D eigenvalue weighted by Crippen LogP contribution is -2.24. The van der Waals surface area contributed by atoms with E-state index >= 15 is 0 Å². The van der Waals surface area contributed by atoms with E-state index in [9.17, 15) is 9.70 Å². The molecule has 0 saturated carbocycles. The number of carbonyl (C=O) groups is 1. The lowest BCUT2D eigenvalue weighted by atomic mass is 10.2. The minimum Gasteiger partial charge on any atom is -0.497 e. The van der Waals surface area contributed by atoms with Crippen LogP contribution >= 0.6 is 0 Å². The number of hydrogen-bond donors (Lipinski definition) is 1. The smallest absolute Gasteiger partial charge is 0.325 e. The van der Waals surface area contributed by atoms with Crippen molar-refractivity contribution in [3.8, 4) is 5.75 Å². The normalized spacial score (nSPS) is 9.62. The van der Waals surface area contributed by atoms with Crippen LogP contribution in [-0.2, 0) is 4.79 Å². The molecule has 0 aliphatic rings. The van der Waals surface area contributed by atoms with Crippen molar-refractivity contribution in [1.82, 2.24) is 0 Å². The molecule has 16 heavy (non-hydrogen) atoms. The van der Waals surface area contributed by atoms with E-state index in [0.29, 0.717) is 11.4 Å². The standard InChI is InChI=1S/C10H12N2O4/c1-7-5-8(16-2)3-4-9(7)12(11-15)6-10(13)14/h3-5H,6H2,1-2H3,(H,13,14). The van der Waals surface area contributed by atoms with Gasteiger partial charge in [0.25, 0.3) is 0 Å². The Balaban J connectivity index is 3.01. The van der Waals surface area contributed by atoms with Crippen LogP contribution in [0.5, 0.6) is 5.75 Å². The minimum absolute atomic E-state index is 0.457. The van der Waals surface area contributed by atoms with Gasteiger partial charge in [0.05, 0.1) is 18.1 Å². The van der Waals surface area contributed by atoms with Crippen LogP contribution in [0.4, 0.5) is 5.69 Å². The van der Waals surface area contributed by atoms with Crippen molar-refractivity contribution < 1.29 is 14.6 Å². The van der Waals surface area contributed by atoms with Gasteiger partial charge in [0.1, 0.15) is 12.3 Å². The Hall–Kier alpha value is -2.11. The summed E-state index contributed by atoms with van der Waals surface area (Å²) < 4.78 is 5.00. The average Bonchev–Trinajstić information content (AvgIpc) is 2.25. The first-order valence-corrected chi connectivity index (χ1v) is 4.55. The first-order chi connectivity index (χ1) is 7.58. The van der Waals surface area contributed by atoms with Crippen LogP contribution in [-0.4, -0.2) is 24.7 Å². The van der Waals surface area contributed by atoms with E-state index < -0.39 is 12.5 Å². The Morgan fingerprint density at radius 1 is 1.56 bits per heavy atom. The van der Waals surface area contributed by atoms with Crippen molar-refractivity contribution >= 4 is 11.7 Å². The highest BCUT2D eigenvalue weighted by atomic mass is 16.5. The second-order valence-electron chi connectivity index (χ2n) is 3.19. The highest BCUT2D eigenvalue weighted by Crippen LogP contribution is 2.24. The van der Waals surface area contributed by atoms with Gasteiger partial charge in [0.2, 0.25) is 0 Å².